The number of hydrogen-bond acceptors (Lipinski definition) is 5. The molecule has 0 aliphatic carbocycles. The Morgan fingerprint density at radius 3 is 2.65 bits per heavy atom. The van der Waals surface area contributed by atoms with Crippen LogP contribution in [0.2, 0.25) is 0 Å². The molecule has 2 N–H and O–H groups in total. The summed E-state index contributed by atoms with van der Waals surface area (Å²) in [5, 5.41) is 18.6. The molecule has 23 heavy (non-hydrogen) atoms. The number of rotatable bonds is 8. The first kappa shape index (κ1) is 17.4. The number of aromatic nitrogens is 4. The topological polar surface area (TPSA) is 102 Å². The lowest BCUT2D eigenvalue weighted by atomic mass is 10.2. The molecular formula is C15H24N4O4. The quantitative estimate of drug-likeness (QED) is 0.656. The minimum Gasteiger partial charge on any atom is -0.394 e. The van der Waals surface area contributed by atoms with Crippen LogP contribution in [0.4, 0.5) is 0 Å². The van der Waals surface area contributed by atoms with Crippen LogP contribution >= 0.6 is 0 Å². The second-order valence-corrected chi connectivity index (χ2v) is 5.76. The average molecular weight is 324 g/mol. The lowest BCUT2D eigenvalue weighted by Crippen LogP contribution is -2.40. The van der Waals surface area contributed by atoms with E-state index in [1.54, 1.807) is 7.05 Å². The number of imidazole rings is 1. The predicted molar refractivity (Wildman–Crippen MR) is 86.5 cm³/mol. The van der Waals surface area contributed by atoms with E-state index in [-0.39, 0.29) is 23.4 Å². The number of hydrogen-bond donors (Lipinski definition) is 2. The Hall–Kier alpha value is -1.93. The number of aliphatic hydroxyl groups excluding tert-OH is 2. The van der Waals surface area contributed by atoms with Crippen molar-refractivity contribution in [2.45, 2.75) is 51.8 Å². The summed E-state index contributed by atoms with van der Waals surface area (Å²) in [5.41, 5.74) is -0.223. The van der Waals surface area contributed by atoms with Crippen molar-refractivity contribution in [1.82, 2.24) is 18.7 Å². The van der Waals surface area contributed by atoms with Gasteiger partial charge in [0.05, 0.1) is 25.6 Å². The summed E-state index contributed by atoms with van der Waals surface area (Å²) in [6.45, 7) is 2.12. The molecule has 0 amide bonds. The van der Waals surface area contributed by atoms with E-state index in [1.807, 2.05) is 0 Å². The molecule has 0 fully saturated rings. The van der Waals surface area contributed by atoms with Gasteiger partial charge in [-0.15, -0.1) is 0 Å². The Morgan fingerprint density at radius 1 is 1.26 bits per heavy atom. The van der Waals surface area contributed by atoms with Crippen LogP contribution in [-0.4, -0.2) is 41.6 Å². The maximum Gasteiger partial charge on any atom is 0.332 e. The monoisotopic (exact) mass is 324 g/mol. The van der Waals surface area contributed by atoms with E-state index in [1.165, 1.54) is 20.0 Å². The molecule has 0 bridgehead atoms. The molecule has 2 rings (SSSR count). The molecule has 0 aromatic carbocycles. The summed E-state index contributed by atoms with van der Waals surface area (Å²) in [6, 6.07) is 0. The molecule has 2 aromatic heterocycles. The van der Waals surface area contributed by atoms with Gasteiger partial charge in [0, 0.05) is 13.6 Å². The number of nitrogens with zero attached hydrogens (tertiary/aromatic N) is 4. The molecule has 1 unspecified atom stereocenters. The molecular weight excluding hydrogens is 300 g/mol. The van der Waals surface area contributed by atoms with Gasteiger partial charge < -0.3 is 14.8 Å². The zero-order valence-electron chi connectivity index (χ0n) is 13.6. The van der Waals surface area contributed by atoms with Crippen LogP contribution in [0.3, 0.4) is 0 Å². The Kier molecular flexibility index (Phi) is 5.73. The smallest absolute Gasteiger partial charge is 0.332 e. The van der Waals surface area contributed by atoms with E-state index in [4.69, 9.17) is 5.11 Å². The van der Waals surface area contributed by atoms with Gasteiger partial charge in [0.1, 0.15) is 0 Å². The largest absolute Gasteiger partial charge is 0.394 e. The molecule has 0 aliphatic heterocycles. The summed E-state index contributed by atoms with van der Waals surface area (Å²) in [5.74, 6) is 0. The van der Waals surface area contributed by atoms with Crippen molar-refractivity contribution in [3.8, 4) is 0 Å². The van der Waals surface area contributed by atoms with E-state index in [2.05, 4.69) is 11.9 Å². The highest BCUT2D eigenvalue weighted by Gasteiger charge is 2.17. The molecule has 128 valence electrons. The Morgan fingerprint density at radius 2 is 2.00 bits per heavy atom. The van der Waals surface area contributed by atoms with Crippen LogP contribution in [0.25, 0.3) is 11.2 Å². The SMILES string of the molecule is CCCCCCn1c(=O)c2c(ncn2CC(O)CO)n(C)c1=O. The average Bonchev–Trinajstić information content (AvgIpc) is 2.95. The highest BCUT2D eigenvalue weighted by atomic mass is 16.3. The summed E-state index contributed by atoms with van der Waals surface area (Å²) in [4.78, 5) is 29.1. The van der Waals surface area contributed by atoms with Crippen molar-refractivity contribution in [1.29, 1.82) is 0 Å². The van der Waals surface area contributed by atoms with E-state index < -0.39 is 18.3 Å². The second-order valence-electron chi connectivity index (χ2n) is 5.76. The minimum atomic E-state index is -0.984. The number of aryl methyl sites for hydroxylation is 1. The number of aliphatic hydroxyl groups is 2. The van der Waals surface area contributed by atoms with Gasteiger partial charge >= 0.3 is 5.69 Å². The van der Waals surface area contributed by atoms with Crippen LogP contribution in [0.15, 0.2) is 15.9 Å². The van der Waals surface area contributed by atoms with Crippen molar-refractivity contribution >= 4 is 11.2 Å². The van der Waals surface area contributed by atoms with Crippen LogP contribution in [0, 0.1) is 0 Å². The van der Waals surface area contributed by atoms with Crippen molar-refractivity contribution in [2.24, 2.45) is 7.05 Å². The summed E-state index contributed by atoms with van der Waals surface area (Å²) >= 11 is 0. The minimum absolute atomic E-state index is 0.0519. The van der Waals surface area contributed by atoms with E-state index in [0.29, 0.717) is 6.54 Å². The van der Waals surface area contributed by atoms with Crippen molar-refractivity contribution < 1.29 is 10.2 Å². The maximum atomic E-state index is 12.7. The molecule has 1 atom stereocenters. The van der Waals surface area contributed by atoms with Gasteiger partial charge in [0.15, 0.2) is 11.2 Å². The molecule has 0 aliphatic rings. The highest BCUT2D eigenvalue weighted by Crippen LogP contribution is 2.07. The molecule has 2 aromatic rings. The third-order valence-electron chi connectivity index (χ3n) is 3.96. The third kappa shape index (κ3) is 3.53. The lowest BCUT2D eigenvalue weighted by molar-refractivity contribution is 0.0820. The van der Waals surface area contributed by atoms with Crippen LogP contribution in [-0.2, 0) is 20.1 Å². The van der Waals surface area contributed by atoms with Crippen LogP contribution < -0.4 is 11.2 Å². The first-order chi connectivity index (χ1) is 11.0. The first-order valence-electron chi connectivity index (χ1n) is 7.94. The van der Waals surface area contributed by atoms with E-state index in [0.717, 1.165) is 25.7 Å². The standard InChI is InChI=1S/C15H24N4O4/c1-3-4-5-6-7-19-14(22)12-13(17(2)15(19)23)16-10-18(12)8-11(21)9-20/h10-11,20-21H,3-9H2,1-2H3. The molecule has 0 saturated heterocycles. The Labute approximate surface area is 133 Å². The summed E-state index contributed by atoms with van der Waals surface area (Å²) < 4.78 is 4.06. The Bertz CT molecular complexity index is 774. The Balaban J connectivity index is 2.45. The van der Waals surface area contributed by atoms with Gasteiger partial charge in [-0.1, -0.05) is 26.2 Å². The molecule has 8 nitrogen and oxygen atoms in total. The fraction of sp³-hybridized carbons (Fsp3) is 0.667. The van der Waals surface area contributed by atoms with Crippen molar-refractivity contribution in [2.75, 3.05) is 6.61 Å². The molecule has 2 heterocycles. The number of unbranched alkanes of at least 4 members (excludes halogenated alkanes) is 3. The van der Waals surface area contributed by atoms with Crippen LogP contribution in [0.5, 0.6) is 0 Å². The third-order valence-corrected chi connectivity index (χ3v) is 3.96. The van der Waals surface area contributed by atoms with Gasteiger partial charge in [-0.25, -0.2) is 9.78 Å². The summed E-state index contributed by atoms with van der Waals surface area (Å²) in [7, 11) is 1.58. The van der Waals surface area contributed by atoms with Crippen molar-refractivity contribution in [3.63, 3.8) is 0 Å². The van der Waals surface area contributed by atoms with E-state index in [9.17, 15) is 14.7 Å². The van der Waals surface area contributed by atoms with Gasteiger partial charge in [-0.3, -0.25) is 13.9 Å². The van der Waals surface area contributed by atoms with Gasteiger partial charge in [0.25, 0.3) is 5.56 Å². The zero-order chi connectivity index (χ0) is 17.0. The number of fused-ring (bicyclic) bond motifs is 1. The van der Waals surface area contributed by atoms with Gasteiger partial charge in [0.2, 0.25) is 0 Å². The first-order valence-corrected chi connectivity index (χ1v) is 7.94. The molecule has 0 saturated carbocycles. The normalized spacial score (nSPS) is 12.9. The zero-order valence-corrected chi connectivity index (χ0v) is 13.6. The maximum absolute atomic E-state index is 12.7. The molecule has 8 heteroatoms. The second kappa shape index (κ2) is 7.56. The fourth-order valence-corrected chi connectivity index (χ4v) is 2.64. The predicted octanol–water partition coefficient (Wildman–Crippen LogP) is -0.170. The molecule has 0 spiro atoms. The van der Waals surface area contributed by atoms with Gasteiger partial charge in [-0.05, 0) is 6.42 Å². The van der Waals surface area contributed by atoms with E-state index >= 15 is 0 Å². The van der Waals surface area contributed by atoms with Crippen molar-refractivity contribution in [3.05, 3.63) is 27.2 Å². The van der Waals surface area contributed by atoms with Gasteiger partial charge in [-0.2, -0.15) is 0 Å². The fourth-order valence-electron chi connectivity index (χ4n) is 2.64. The van der Waals surface area contributed by atoms with Crippen LogP contribution in [0.1, 0.15) is 32.6 Å². The highest BCUT2D eigenvalue weighted by molar-refractivity contribution is 5.69. The summed E-state index contributed by atoms with van der Waals surface area (Å²) in [6.07, 6.45) is 4.30. The lowest BCUT2D eigenvalue weighted by Gasteiger charge is -2.11. The molecule has 0 radical (unpaired) electrons.